The number of hydrogen-bond donors (Lipinski definition) is 1. The summed E-state index contributed by atoms with van der Waals surface area (Å²) in [6.45, 7) is 11.4. The van der Waals surface area contributed by atoms with Crippen molar-refractivity contribution >= 4 is 40.9 Å². The molecule has 3 aliphatic heterocycles. The first-order valence-corrected chi connectivity index (χ1v) is 11.5. The van der Waals surface area contributed by atoms with Gasteiger partial charge in [0.1, 0.15) is 5.57 Å². The summed E-state index contributed by atoms with van der Waals surface area (Å²) in [5.41, 5.74) is 5.02. The van der Waals surface area contributed by atoms with Gasteiger partial charge in [-0.1, -0.05) is 6.08 Å². The number of nitrogens with one attached hydrogen (secondary N) is 1. The molecule has 0 saturated carbocycles. The lowest BCUT2D eigenvalue weighted by Crippen LogP contribution is -2.54. The molecule has 5 rings (SSSR count). The van der Waals surface area contributed by atoms with E-state index in [2.05, 4.69) is 50.1 Å². The number of barbiturate groups is 1. The molecule has 2 aromatic rings. The molecule has 1 fully saturated rings. The summed E-state index contributed by atoms with van der Waals surface area (Å²) in [5.74, 6) is -0.458. The van der Waals surface area contributed by atoms with Crippen LogP contribution in [0.4, 0.5) is 16.2 Å². The summed E-state index contributed by atoms with van der Waals surface area (Å²) in [7, 11) is 0. The minimum atomic E-state index is -0.808. The normalized spacial score (nSPS) is 19.6. The number of ether oxygens (including phenoxy) is 2. The molecule has 180 valence electrons. The molecule has 8 nitrogen and oxygen atoms in total. The summed E-state index contributed by atoms with van der Waals surface area (Å²) in [6, 6.07) is 8.04. The van der Waals surface area contributed by atoms with E-state index >= 15 is 0 Å². The molecular formula is C27H27N3O5. The fourth-order valence-corrected chi connectivity index (χ4v) is 5.05. The third kappa shape index (κ3) is 3.65. The Hall–Kier alpha value is -4.07. The Morgan fingerprint density at radius 3 is 2.54 bits per heavy atom. The molecule has 0 aromatic heterocycles. The van der Waals surface area contributed by atoms with E-state index in [-0.39, 0.29) is 23.6 Å². The quantitative estimate of drug-likeness (QED) is 0.525. The Bertz CT molecular complexity index is 1350. The summed E-state index contributed by atoms with van der Waals surface area (Å²) >= 11 is 0. The Balaban J connectivity index is 1.56. The van der Waals surface area contributed by atoms with E-state index in [0.29, 0.717) is 11.5 Å². The second kappa shape index (κ2) is 8.01. The second-order valence-corrected chi connectivity index (χ2v) is 9.45. The highest BCUT2D eigenvalue weighted by molar-refractivity contribution is 6.39. The molecule has 0 spiro atoms. The van der Waals surface area contributed by atoms with Crippen LogP contribution >= 0.6 is 0 Å². The first-order valence-electron chi connectivity index (χ1n) is 11.5. The molecule has 2 aromatic carbocycles. The van der Waals surface area contributed by atoms with Gasteiger partial charge in [0.25, 0.3) is 11.8 Å². The molecule has 0 radical (unpaired) electrons. The molecule has 3 aliphatic rings. The Morgan fingerprint density at radius 1 is 1.06 bits per heavy atom. The van der Waals surface area contributed by atoms with Crippen LogP contribution in [0.2, 0.25) is 0 Å². The van der Waals surface area contributed by atoms with Crippen LogP contribution in [-0.4, -0.2) is 36.7 Å². The lowest BCUT2D eigenvalue weighted by molar-refractivity contribution is -0.122. The summed E-state index contributed by atoms with van der Waals surface area (Å²) in [5, 5.41) is 2.28. The number of benzene rings is 2. The number of carbonyl (C=O) groups is 3. The Labute approximate surface area is 203 Å². The largest absolute Gasteiger partial charge is 0.454 e. The number of aryl methyl sites for hydroxylation is 1. The third-order valence-electron chi connectivity index (χ3n) is 6.70. The smallest absolute Gasteiger partial charge is 0.335 e. The number of fused-ring (bicyclic) bond motifs is 2. The summed E-state index contributed by atoms with van der Waals surface area (Å²) in [4.78, 5) is 42.0. The van der Waals surface area contributed by atoms with Crippen molar-refractivity contribution < 1.29 is 23.9 Å². The monoisotopic (exact) mass is 473 g/mol. The predicted molar refractivity (Wildman–Crippen MR) is 133 cm³/mol. The van der Waals surface area contributed by atoms with E-state index in [4.69, 9.17) is 9.47 Å². The number of urea groups is 1. The standard InChI is InChI=1S/C27H27N3O5/c1-6-29-21-9-15(2)17(10-19(21)16(3)13-27(29,4)5)11-20-24(31)28-26(33)30(25(20)32)18-7-8-22-23(12-18)35-14-34-22/h7-13H,6,14H2,1-5H3,(H,28,31,33)/b20-11-. The van der Waals surface area contributed by atoms with Crippen LogP contribution in [0, 0.1) is 6.92 Å². The highest BCUT2D eigenvalue weighted by Crippen LogP contribution is 2.41. The molecule has 0 bridgehead atoms. The number of anilines is 2. The van der Waals surface area contributed by atoms with Gasteiger partial charge in [-0.25, -0.2) is 9.69 Å². The van der Waals surface area contributed by atoms with Crippen LogP contribution in [0.3, 0.4) is 0 Å². The highest BCUT2D eigenvalue weighted by Gasteiger charge is 2.38. The highest BCUT2D eigenvalue weighted by atomic mass is 16.7. The maximum atomic E-state index is 13.4. The van der Waals surface area contributed by atoms with Crippen LogP contribution in [0.1, 0.15) is 44.4 Å². The van der Waals surface area contributed by atoms with Gasteiger partial charge in [0.2, 0.25) is 6.79 Å². The van der Waals surface area contributed by atoms with Crippen LogP contribution < -0.4 is 24.6 Å². The maximum Gasteiger partial charge on any atom is 0.335 e. The second-order valence-electron chi connectivity index (χ2n) is 9.45. The van der Waals surface area contributed by atoms with Crippen molar-refractivity contribution in [2.45, 2.75) is 40.2 Å². The number of imide groups is 2. The molecule has 35 heavy (non-hydrogen) atoms. The first kappa shape index (κ1) is 22.7. The fourth-order valence-electron chi connectivity index (χ4n) is 5.05. The van der Waals surface area contributed by atoms with Crippen LogP contribution in [0.15, 0.2) is 42.0 Å². The van der Waals surface area contributed by atoms with E-state index in [1.165, 1.54) is 0 Å². The SMILES string of the molecule is CCN1c2cc(C)c(/C=C3/C(=O)NC(=O)N(c4ccc5c(c4)OCO5)C3=O)cc2C(C)=CC1(C)C. The topological polar surface area (TPSA) is 88.2 Å². The van der Waals surface area contributed by atoms with Gasteiger partial charge in [-0.3, -0.25) is 14.9 Å². The zero-order valence-electron chi connectivity index (χ0n) is 20.4. The number of hydrogen-bond acceptors (Lipinski definition) is 6. The van der Waals surface area contributed by atoms with Crippen molar-refractivity contribution in [3.63, 3.8) is 0 Å². The summed E-state index contributed by atoms with van der Waals surface area (Å²) in [6.07, 6.45) is 3.78. The van der Waals surface area contributed by atoms with Gasteiger partial charge in [-0.2, -0.15) is 0 Å². The van der Waals surface area contributed by atoms with Crippen molar-refractivity contribution in [2.24, 2.45) is 0 Å². The van der Waals surface area contributed by atoms with Crippen molar-refractivity contribution in [3.8, 4) is 11.5 Å². The van der Waals surface area contributed by atoms with Crippen LogP contribution in [-0.2, 0) is 9.59 Å². The molecule has 0 atom stereocenters. The van der Waals surface area contributed by atoms with E-state index in [9.17, 15) is 14.4 Å². The molecule has 1 N–H and O–H groups in total. The van der Waals surface area contributed by atoms with Gasteiger partial charge in [-0.15, -0.1) is 0 Å². The maximum absolute atomic E-state index is 13.4. The molecule has 3 heterocycles. The molecule has 0 aliphatic carbocycles. The molecular weight excluding hydrogens is 446 g/mol. The first-order chi connectivity index (χ1) is 16.6. The van der Waals surface area contributed by atoms with E-state index in [1.54, 1.807) is 24.3 Å². The van der Waals surface area contributed by atoms with Crippen molar-refractivity contribution in [1.82, 2.24) is 5.32 Å². The molecule has 1 saturated heterocycles. The van der Waals surface area contributed by atoms with E-state index in [1.807, 2.05) is 13.0 Å². The summed E-state index contributed by atoms with van der Waals surface area (Å²) < 4.78 is 10.7. The zero-order chi connectivity index (χ0) is 25.1. The van der Waals surface area contributed by atoms with Gasteiger partial charge < -0.3 is 14.4 Å². The predicted octanol–water partition coefficient (Wildman–Crippen LogP) is 4.41. The van der Waals surface area contributed by atoms with Crippen molar-refractivity contribution in [1.29, 1.82) is 0 Å². The van der Waals surface area contributed by atoms with Crippen molar-refractivity contribution in [3.05, 3.63) is 58.7 Å². The lowest BCUT2D eigenvalue weighted by Gasteiger charge is -2.43. The number of rotatable bonds is 3. The van der Waals surface area contributed by atoms with E-state index in [0.717, 1.165) is 39.4 Å². The molecule has 4 amide bonds. The van der Waals surface area contributed by atoms with Crippen LogP contribution in [0.5, 0.6) is 11.5 Å². The molecule has 8 heteroatoms. The van der Waals surface area contributed by atoms with Crippen molar-refractivity contribution in [2.75, 3.05) is 23.1 Å². The fraction of sp³-hybridized carbons (Fsp3) is 0.296. The lowest BCUT2D eigenvalue weighted by atomic mass is 9.86. The van der Waals surface area contributed by atoms with Gasteiger partial charge >= 0.3 is 6.03 Å². The van der Waals surface area contributed by atoms with Gasteiger partial charge in [-0.05, 0) is 81.7 Å². The van der Waals surface area contributed by atoms with Gasteiger partial charge in [0, 0.05) is 23.9 Å². The number of carbonyl (C=O) groups excluding carboxylic acids is 3. The number of amides is 4. The number of allylic oxidation sites excluding steroid dienone is 1. The average molecular weight is 474 g/mol. The zero-order valence-corrected chi connectivity index (χ0v) is 20.4. The molecule has 0 unspecified atom stereocenters. The minimum absolute atomic E-state index is 0.0701. The number of likely N-dealkylation sites (N-methyl/N-ethyl adjacent to an activating group) is 1. The third-order valence-corrected chi connectivity index (χ3v) is 6.70. The van der Waals surface area contributed by atoms with E-state index < -0.39 is 17.8 Å². The Morgan fingerprint density at radius 2 is 1.80 bits per heavy atom. The average Bonchev–Trinajstić information content (AvgIpc) is 3.25. The van der Waals surface area contributed by atoms with Gasteiger partial charge in [0.15, 0.2) is 11.5 Å². The minimum Gasteiger partial charge on any atom is -0.454 e. The Kier molecular flexibility index (Phi) is 5.20. The van der Waals surface area contributed by atoms with Gasteiger partial charge in [0.05, 0.1) is 11.2 Å². The number of nitrogens with zero attached hydrogens (tertiary/aromatic N) is 2. The van der Waals surface area contributed by atoms with Crippen LogP contribution in [0.25, 0.3) is 11.6 Å².